The summed E-state index contributed by atoms with van der Waals surface area (Å²) in [4.78, 5) is 0. The van der Waals surface area contributed by atoms with Crippen molar-refractivity contribution < 1.29 is 8.42 Å². The molecule has 1 fully saturated rings. The fourth-order valence-corrected chi connectivity index (χ4v) is 3.90. The topological polar surface area (TPSA) is 75.8 Å². The molecule has 102 valence electrons. The van der Waals surface area contributed by atoms with E-state index < -0.39 is 10.0 Å². The van der Waals surface area contributed by atoms with Crippen molar-refractivity contribution in [3.05, 3.63) is 40.6 Å². The molecule has 1 aromatic carbocycles. The van der Waals surface area contributed by atoms with Gasteiger partial charge >= 0.3 is 0 Å². The predicted octanol–water partition coefficient (Wildman–Crippen LogP) is 2.52. The lowest BCUT2D eigenvalue weighted by molar-refractivity contribution is 0.578. The number of hydrogen-bond acceptors (Lipinski definition) is 4. The summed E-state index contributed by atoms with van der Waals surface area (Å²) < 4.78 is 25.9. The van der Waals surface area contributed by atoms with Crippen molar-refractivity contribution >= 4 is 26.0 Å². The SMILES string of the molecule is N#Cc1cc(Br)cc(-c2cnn(S(=O)(=O)C3CC3)c2)c1. The van der Waals surface area contributed by atoms with Crippen molar-refractivity contribution in [1.82, 2.24) is 9.19 Å². The summed E-state index contributed by atoms with van der Waals surface area (Å²) in [5.41, 5.74) is 1.94. The first-order valence-electron chi connectivity index (χ1n) is 6.01. The average molecular weight is 352 g/mol. The molecule has 3 rings (SSSR count). The van der Waals surface area contributed by atoms with Gasteiger partial charge in [0.2, 0.25) is 0 Å². The number of halogens is 1. The Balaban J connectivity index is 2.02. The molecule has 1 saturated carbocycles. The van der Waals surface area contributed by atoms with Crippen LogP contribution in [0.25, 0.3) is 11.1 Å². The minimum Gasteiger partial charge on any atom is -0.204 e. The van der Waals surface area contributed by atoms with E-state index in [1.165, 1.54) is 12.4 Å². The molecular weight excluding hydrogens is 342 g/mol. The van der Waals surface area contributed by atoms with Crippen LogP contribution in [0.15, 0.2) is 35.1 Å². The van der Waals surface area contributed by atoms with Gasteiger partial charge in [0.1, 0.15) is 0 Å². The first-order chi connectivity index (χ1) is 9.50. The first kappa shape index (κ1) is 13.3. The molecule has 5 nitrogen and oxygen atoms in total. The zero-order valence-corrected chi connectivity index (χ0v) is 12.7. The van der Waals surface area contributed by atoms with Gasteiger partial charge in [-0.05, 0) is 36.6 Å². The third-order valence-corrected chi connectivity index (χ3v) is 5.62. The molecule has 0 N–H and O–H groups in total. The summed E-state index contributed by atoms with van der Waals surface area (Å²) >= 11 is 3.33. The Labute approximate surface area is 125 Å². The fraction of sp³-hybridized carbons (Fsp3) is 0.231. The van der Waals surface area contributed by atoms with Gasteiger partial charge < -0.3 is 0 Å². The van der Waals surface area contributed by atoms with Gasteiger partial charge in [0.25, 0.3) is 10.0 Å². The van der Waals surface area contributed by atoms with Crippen LogP contribution in [0.4, 0.5) is 0 Å². The normalized spacial score (nSPS) is 15.0. The standard InChI is InChI=1S/C13H10BrN3O2S/c14-12-4-9(6-15)3-10(5-12)11-7-16-17(8-11)20(18,19)13-1-2-13/h3-5,7-8,13H,1-2H2. The van der Waals surface area contributed by atoms with Gasteiger partial charge in [-0.25, -0.2) is 8.42 Å². The summed E-state index contributed by atoms with van der Waals surface area (Å²) in [6.45, 7) is 0. The Morgan fingerprint density at radius 1 is 1.30 bits per heavy atom. The van der Waals surface area contributed by atoms with Gasteiger partial charge in [0.05, 0.1) is 29.3 Å². The molecule has 0 amide bonds. The maximum atomic E-state index is 12.1. The lowest BCUT2D eigenvalue weighted by atomic mass is 10.1. The Kier molecular flexibility index (Phi) is 3.15. The van der Waals surface area contributed by atoms with Crippen LogP contribution in [0.2, 0.25) is 0 Å². The second-order valence-electron chi connectivity index (χ2n) is 4.69. The van der Waals surface area contributed by atoms with Crippen molar-refractivity contribution in [1.29, 1.82) is 5.26 Å². The molecule has 0 saturated heterocycles. The Morgan fingerprint density at radius 2 is 2.05 bits per heavy atom. The van der Waals surface area contributed by atoms with E-state index in [1.807, 2.05) is 6.07 Å². The molecule has 0 unspecified atom stereocenters. The van der Waals surface area contributed by atoms with Crippen molar-refractivity contribution in [3.63, 3.8) is 0 Å². The second kappa shape index (κ2) is 4.72. The molecule has 1 aliphatic carbocycles. The summed E-state index contributed by atoms with van der Waals surface area (Å²) in [5, 5.41) is 12.6. The van der Waals surface area contributed by atoms with E-state index in [0.717, 1.165) is 14.1 Å². The number of benzene rings is 1. The second-order valence-corrected chi connectivity index (χ2v) is 7.67. The minimum atomic E-state index is -3.35. The molecule has 0 radical (unpaired) electrons. The van der Waals surface area contributed by atoms with Crippen LogP contribution in [0.1, 0.15) is 18.4 Å². The number of rotatable bonds is 3. The zero-order valence-electron chi connectivity index (χ0n) is 10.3. The highest BCUT2D eigenvalue weighted by atomic mass is 79.9. The number of nitrogens with zero attached hydrogens (tertiary/aromatic N) is 3. The van der Waals surface area contributed by atoms with Crippen molar-refractivity contribution in [2.75, 3.05) is 0 Å². The molecule has 0 aliphatic heterocycles. The Bertz CT molecular complexity index is 816. The summed E-state index contributed by atoms with van der Waals surface area (Å²) in [6.07, 6.45) is 4.40. The Hall–Kier alpha value is -1.65. The monoisotopic (exact) mass is 351 g/mol. The van der Waals surface area contributed by atoms with Gasteiger partial charge in [-0.1, -0.05) is 15.9 Å². The van der Waals surface area contributed by atoms with E-state index in [1.54, 1.807) is 12.1 Å². The number of hydrogen-bond donors (Lipinski definition) is 0. The summed E-state index contributed by atoms with van der Waals surface area (Å²) in [6, 6.07) is 7.30. The first-order valence-corrected chi connectivity index (χ1v) is 8.30. The van der Waals surface area contributed by atoms with Crippen LogP contribution in [-0.2, 0) is 10.0 Å². The van der Waals surface area contributed by atoms with E-state index in [2.05, 4.69) is 27.1 Å². The van der Waals surface area contributed by atoms with Crippen molar-refractivity contribution in [3.8, 4) is 17.2 Å². The lowest BCUT2D eigenvalue weighted by Gasteiger charge is -2.01. The molecular formula is C13H10BrN3O2S. The van der Waals surface area contributed by atoms with Crippen LogP contribution in [-0.4, -0.2) is 22.9 Å². The molecule has 1 aliphatic rings. The largest absolute Gasteiger partial charge is 0.256 e. The quantitative estimate of drug-likeness (QED) is 0.851. The molecule has 20 heavy (non-hydrogen) atoms. The van der Waals surface area contributed by atoms with E-state index in [9.17, 15) is 8.42 Å². The van der Waals surface area contributed by atoms with Crippen molar-refractivity contribution in [2.45, 2.75) is 18.1 Å². The Morgan fingerprint density at radius 3 is 2.70 bits per heavy atom. The molecule has 0 spiro atoms. The molecule has 0 bridgehead atoms. The van der Waals surface area contributed by atoms with Crippen LogP contribution >= 0.6 is 15.9 Å². The molecule has 1 heterocycles. The third-order valence-electron chi connectivity index (χ3n) is 3.13. The summed E-state index contributed by atoms with van der Waals surface area (Å²) in [7, 11) is -3.35. The smallest absolute Gasteiger partial charge is 0.204 e. The van der Waals surface area contributed by atoms with Gasteiger partial charge in [0.15, 0.2) is 0 Å². The molecule has 2 aromatic rings. The van der Waals surface area contributed by atoms with Crippen LogP contribution in [0.3, 0.4) is 0 Å². The highest BCUT2D eigenvalue weighted by Gasteiger charge is 2.37. The average Bonchev–Trinajstić information content (AvgIpc) is 3.15. The van der Waals surface area contributed by atoms with Crippen molar-refractivity contribution in [2.24, 2.45) is 0 Å². The van der Waals surface area contributed by atoms with Gasteiger partial charge in [-0.2, -0.15) is 14.4 Å². The molecule has 7 heteroatoms. The summed E-state index contributed by atoms with van der Waals surface area (Å²) in [5.74, 6) is 0. The van der Waals surface area contributed by atoms with Gasteiger partial charge in [-0.15, -0.1) is 0 Å². The van der Waals surface area contributed by atoms with E-state index in [0.29, 0.717) is 24.0 Å². The number of nitriles is 1. The third kappa shape index (κ3) is 2.37. The minimum absolute atomic E-state index is 0.299. The predicted molar refractivity (Wildman–Crippen MR) is 77.4 cm³/mol. The highest BCUT2D eigenvalue weighted by molar-refractivity contribution is 9.10. The maximum absolute atomic E-state index is 12.1. The van der Waals surface area contributed by atoms with Crippen LogP contribution in [0, 0.1) is 11.3 Å². The molecule has 1 aromatic heterocycles. The van der Waals surface area contributed by atoms with Gasteiger partial charge in [0, 0.05) is 10.0 Å². The maximum Gasteiger partial charge on any atom is 0.256 e. The van der Waals surface area contributed by atoms with E-state index in [-0.39, 0.29) is 5.25 Å². The molecule has 0 atom stereocenters. The lowest BCUT2D eigenvalue weighted by Crippen LogP contribution is -2.17. The van der Waals surface area contributed by atoms with Crippen LogP contribution < -0.4 is 0 Å². The van der Waals surface area contributed by atoms with E-state index >= 15 is 0 Å². The highest BCUT2D eigenvalue weighted by Crippen LogP contribution is 2.31. The fourth-order valence-electron chi connectivity index (χ4n) is 1.93. The zero-order chi connectivity index (χ0) is 14.3. The van der Waals surface area contributed by atoms with E-state index in [4.69, 9.17) is 5.26 Å². The van der Waals surface area contributed by atoms with Crippen LogP contribution in [0.5, 0.6) is 0 Å². The number of aromatic nitrogens is 2. The van der Waals surface area contributed by atoms with Gasteiger partial charge in [-0.3, -0.25) is 0 Å².